The van der Waals surface area contributed by atoms with E-state index in [0.717, 1.165) is 5.56 Å². The zero-order valence-electron chi connectivity index (χ0n) is 15.9. The molecule has 2 amide bonds. The van der Waals surface area contributed by atoms with Gasteiger partial charge in [-0.25, -0.2) is 4.79 Å². The first-order chi connectivity index (χ1) is 13.5. The van der Waals surface area contributed by atoms with Gasteiger partial charge in [0.05, 0.1) is 18.0 Å². The Bertz CT molecular complexity index is 875. The Morgan fingerprint density at radius 1 is 1.21 bits per heavy atom. The molecular weight excluding hydrogens is 358 g/mol. The molecule has 0 aliphatic carbocycles. The summed E-state index contributed by atoms with van der Waals surface area (Å²) < 4.78 is 5.00. The molecule has 0 bridgehead atoms. The summed E-state index contributed by atoms with van der Waals surface area (Å²) in [5, 5.41) is 14.8. The summed E-state index contributed by atoms with van der Waals surface area (Å²) in [5.74, 6) is -0.512. The molecule has 0 fully saturated rings. The van der Waals surface area contributed by atoms with E-state index in [4.69, 9.17) is 9.94 Å². The molecule has 0 aliphatic rings. The topological polar surface area (TPSA) is 91.2 Å². The number of nitrogens with one attached hydrogen (secondary N) is 1. The smallest absolute Gasteiger partial charge is 0.326 e. The van der Waals surface area contributed by atoms with Crippen molar-refractivity contribution >= 4 is 35.2 Å². The molecule has 0 radical (unpaired) electrons. The van der Waals surface area contributed by atoms with Crippen LogP contribution in [0.1, 0.15) is 25.0 Å². The number of hydrogen-bond acceptors (Lipinski definition) is 5. The standard InChI is InChI=1S/C21H23N3O4/c1-4-16-8-6-7-9-19(16)24(14-20(25)28-5-2)21(26)22-18-12-10-17(11-13-18)15(3)23-27/h4,6-13,27H,1,5,14H2,2-3H3,(H,22,26). The average molecular weight is 381 g/mol. The van der Waals surface area contributed by atoms with E-state index >= 15 is 0 Å². The lowest BCUT2D eigenvalue weighted by atomic mass is 10.1. The van der Waals surface area contributed by atoms with Crippen LogP contribution in [0, 0.1) is 0 Å². The Hall–Kier alpha value is -3.61. The highest BCUT2D eigenvalue weighted by Crippen LogP contribution is 2.23. The van der Waals surface area contributed by atoms with Crippen LogP contribution in [0.5, 0.6) is 0 Å². The second kappa shape index (κ2) is 9.91. The molecule has 146 valence electrons. The highest BCUT2D eigenvalue weighted by molar-refractivity contribution is 6.06. The maximum Gasteiger partial charge on any atom is 0.326 e. The van der Waals surface area contributed by atoms with Gasteiger partial charge in [0.25, 0.3) is 0 Å². The summed E-state index contributed by atoms with van der Waals surface area (Å²) in [5.41, 5.74) is 2.97. The van der Waals surface area contributed by atoms with Gasteiger partial charge in [-0.3, -0.25) is 9.69 Å². The van der Waals surface area contributed by atoms with Gasteiger partial charge in [-0.05, 0) is 43.2 Å². The zero-order chi connectivity index (χ0) is 20.5. The first kappa shape index (κ1) is 20.7. The second-order valence-corrected chi connectivity index (χ2v) is 5.85. The van der Waals surface area contributed by atoms with E-state index in [2.05, 4.69) is 17.1 Å². The van der Waals surface area contributed by atoms with Crippen LogP contribution in [-0.2, 0) is 9.53 Å². The van der Waals surface area contributed by atoms with E-state index in [-0.39, 0.29) is 13.2 Å². The third-order valence-electron chi connectivity index (χ3n) is 3.99. The van der Waals surface area contributed by atoms with Crippen molar-refractivity contribution in [3.63, 3.8) is 0 Å². The van der Waals surface area contributed by atoms with Gasteiger partial charge in [0.15, 0.2) is 0 Å². The van der Waals surface area contributed by atoms with Gasteiger partial charge in [0.2, 0.25) is 0 Å². The largest absolute Gasteiger partial charge is 0.465 e. The monoisotopic (exact) mass is 381 g/mol. The maximum atomic E-state index is 12.9. The van der Waals surface area contributed by atoms with Crippen LogP contribution in [-0.4, -0.2) is 36.1 Å². The van der Waals surface area contributed by atoms with Gasteiger partial charge in [-0.15, -0.1) is 0 Å². The Labute approximate surface area is 163 Å². The van der Waals surface area contributed by atoms with Gasteiger partial charge in [-0.1, -0.05) is 48.1 Å². The van der Waals surface area contributed by atoms with Crippen LogP contribution in [0.2, 0.25) is 0 Å². The molecule has 0 saturated heterocycles. The lowest BCUT2D eigenvalue weighted by Crippen LogP contribution is -2.40. The molecule has 7 heteroatoms. The number of oxime groups is 1. The molecule has 0 aromatic heterocycles. The predicted molar refractivity (Wildman–Crippen MR) is 110 cm³/mol. The number of urea groups is 1. The molecule has 0 spiro atoms. The van der Waals surface area contributed by atoms with Crippen molar-refractivity contribution in [3.8, 4) is 0 Å². The van der Waals surface area contributed by atoms with Crippen molar-refractivity contribution < 1.29 is 19.5 Å². The van der Waals surface area contributed by atoms with Crippen LogP contribution >= 0.6 is 0 Å². The molecule has 2 aromatic carbocycles. The van der Waals surface area contributed by atoms with E-state index < -0.39 is 12.0 Å². The first-order valence-corrected chi connectivity index (χ1v) is 8.74. The average Bonchev–Trinajstić information content (AvgIpc) is 2.72. The molecular formula is C21H23N3O4. The molecule has 0 atom stereocenters. The number of esters is 1. The number of carbonyl (C=O) groups is 2. The number of ether oxygens (including phenoxy) is 1. The van der Waals surface area contributed by atoms with E-state index in [1.165, 1.54) is 4.90 Å². The van der Waals surface area contributed by atoms with E-state index in [9.17, 15) is 9.59 Å². The van der Waals surface area contributed by atoms with Crippen molar-refractivity contribution in [2.45, 2.75) is 13.8 Å². The molecule has 0 saturated carbocycles. The molecule has 2 N–H and O–H groups in total. The van der Waals surface area contributed by atoms with Gasteiger partial charge in [-0.2, -0.15) is 0 Å². The van der Waals surface area contributed by atoms with Crippen LogP contribution < -0.4 is 10.2 Å². The van der Waals surface area contributed by atoms with Gasteiger partial charge in [0.1, 0.15) is 6.54 Å². The van der Waals surface area contributed by atoms with E-state index in [1.807, 2.05) is 6.07 Å². The number of nitrogens with zero attached hydrogens (tertiary/aromatic N) is 2. The Kier molecular flexibility index (Phi) is 7.33. The van der Waals surface area contributed by atoms with Crippen molar-refractivity contribution in [2.24, 2.45) is 5.16 Å². The zero-order valence-corrected chi connectivity index (χ0v) is 15.9. The summed E-state index contributed by atoms with van der Waals surface area (Å²) >= 11 is 0. The molecule has 0 aliphatic heterocycles. The van der Waals surface area contributed by atoms with Crippen molar-refractivity contribution in [1.82, 2.24) is 0 Å². The SMILES string of the molecule is C=Cc1ccccc1N(CC(=O)OCC)C(=O)Nc1ccc(C(C)=NO)cc1. The Morgan fingerprint density at radius 2 is 1.89 bits per heavy atom. The fourth-order valence-electron chi connectivity index (χ4n) is 2.55. The predicted octanol–water partition coefficient (Wildman–Crippen LogP) is 4.13. The first-order valence-electron chi connectivity index (χ1n) is 8.74. The van der Waals surface area contributed by atoms with E-state index in [1.54, 1.807) is 62.4 Å². The number of carbonyl (C=O) groups excluding carboxylic acids is 2. The van der Waals surface area contributed by atoms with Gasteiger partial charge < -0.3 is 15.3 Å². The van der Waals surface area contributed by atoms with Gasteiger partial charge in [0, 0.05) is 5.69 Å². The van der Waals surface area contributed by atoms with Gasteiger partial charge >= 0.3 is 12.0 Å². The fraction of sp³-hybridized carbons (Fsp3) is 0.190. The summed E-state index contributed by atoms with van der Waals surface area (Å²) in [6.45, 7) is 7.13. The van der Waals surface area contributed by atoms with Crippen LogP contribution in [0.25, 0.3) is 6.08 Å². The number of rotatable bonds is 7. The lowest BCUT2D eigenvalue weighted by Gasteiger charge is -2.24. The number of benzene rings is 2. The molecule has 28 heavy (non-hydrogen) atoms. The lowest BCUT2D eigenvalue weighted by molar-refractivity contribution is -0.141. The summed E-state index contributed by atoms with van der Waals surface area (Å²) in [6.07, 6.45) is 1.62. The Balaban J connectivity index is 2.28. The van der Waals surface area contributed by atoms with Crippen molar-refractivity contribution in [2.75, 3.05) is 23.4 Å². The number of hydrogen-bond donors (Lipinski definition) is 2. The molecule has 7 nitrogen and oxygen atoms in total. The van der Waals surface area contributed by atoms with Crippen LogP contribution in [0.3, 0.4) is 0 Å². The third kappa shape index (κ3) is 5.20. The highest BCUT2D eigenvalue weighted by Gasteiger charge is 2.22. The number of amides is 2. The van der Waals surface area contributed by atoms with Crippen molar-refractivity contribution in [3.05, 3.63) is 66.2 Å². The third-order valence-corrected chi connectivity index (χ3v) is 3.99. The highest BCUT2D eigenvalue weighted by atomic mass is 16.5. The minimum absolute atomic E-state index is 0.227. The number of para-hydroxylation sites is 1. The quantitative estimate of drug-likeness (QED) is 0.326. The van der Waals surface area contributed by atoms with Crippen molar-refractivity contribution in [1.29, 1.82) is 0 Å². The summed E-state index contributed by atoms with van der Waals surface area (Å²) in [4.78, 5) is 26.2. The normalized spacial score (nSPS) is 10.9. The van der Waals surface area contributed by atoms with Crippen LogP contribution in [0.15, 0.2) is 60.3 Å². The fourth-order valence-corrected chi connectivity index (χ4v) is 2.55. The van der Waals surface area contributed by atoms with E-state index in [0.29, 0.717) is 22.6 Å². The molecule has 2 rings (SSSR count). The molecule has 0 heterocycles. The summed E-state index contributed by atoms with van der Waals surface area (Å²) in [6, 6.07) is 13.5. The number of anilines is 2. The minimum atomic E-state index is -0.512. The summed E-state index contributed by atoms with van der Waals surface area (Å²) in [7, 11) is 0. The maximum absolute atomic E-state index is 12.9. The Morgan fingerprint density at radius 3 is 2.50 bits per heavy atom. The second-order valence-electron chi connectivity index (χ2n) is 5.85. The molecule has 0 unspecified atom stereocenters. The molecule has 2 aromatic rings. The van der Waals surface area contributed by atoms with Crippen LogP contribution in [0.4, 0.5) is 16.2 Å². The minimum Gasteiger partial charge on any atom is -0.465 e.